The fourth-order valence-electron chi connectivity index (χ4n) is 4.35. The van der Waals surface area contributed by atoms with E-state index in [0.29, 0.717) is 50.5 Å². The van der Waals surface area contributed by atoms with E-state index in [-0.39, 0.29) is 30.4 Å². The van der Waals surface area contributed by atoms with Gasteiger partial charge in [0, 0.05) is 38.2 Å². The molecular weight excluding hydrogens is 423 g/mol. The van der Waals surface area contributed by atoms with Crippen molar-refractivity contribution >= 4 is 17.7 Å². The minimum atomic E-state index is -0.327. The summed E-state index contributed by atoms with van der Waals surface area (Å²) in [6, 6.07) is 14.1. The van der Waals surface area contributed by atoms with Crippen LogP contribution in [0.3, 0.4) is 0 Å². The summed E-state index contributed by atoms with van der Waals surface area (Å²) >= 11 is 0. The standard InChI is InChI=1S/C25H29FN4O3/c1-3-33-25(32)29-13-11-28(12-14-29)17-24(31)30-23(21-10-5-4-7-18(21)2)16-22(27-30)19-8-6-9-20(26)15-19/h4-10,15,23H,3,11-14,16-17H2,1-2H3/t23-/m1/s1. The number of aryl methyl sites for hydroxylation is 1. The summed E-state index contributed by atoms with van der Waals surface area (Å²) < 4.78 is 18.9. The number of halogens is 1. The van der Waals surface area contributed by atoms with Crippen LogP contribution in [0.15, 0.2) is 53.6 Å². The summed E-state index contributed by atoms with van der Waals surface area (Å²) in [5.74, 6) is -0.439. The van der Waals surface area contributed by atoms with Crippen molar-refractivity contribution in [2.45, 2.75) is 26.3 Å². The zero-order chi connectivity index (χ0) is 23.4. The average molecular weight is 453 g/mol. The van der Waals surface area contributed by atoms with Gasteiger partial charge in [-0.1, -0.05) is 36.4 Å². The van der Waals surface area contributed by atoms with Gasteiger partial charge in [-0.2, -0.15) is 5.10 Å². The van der Waals surface area contributed by atoms with Crippen LogP contribution in [0.4, 0.5) is 9.18 Å². The molecule has 2 heterocycles. The Balaban J connectivity index is 1.50. The van der Waals surface area contributed by atoms with Crippen molar-refractivity contribution in [1.29, 1.82) is 0 Å². The van der Waals surface area contributed by atoms with Crippen molar-refractivity contribution in [3.63, 3.8) is 0 Å². The molecular formula is C25H29FN4O3. The molecule has 0 spiro atoms. The molecule has 8 heteroatoms. The lowest BCUT2D eigenvalue weighted by atomic mass is 9.95. The predicted molar refractivity (Wildman–Crippen MR) is 123 cm³/mol. The quantitative estimate of drug-likeness (QED) is 0.696. The zero-order valence-electron chi connectivity index (χ0n) is 19.0. The molecule has 0 radical (unpaired) electrons. The lowest BCUT2D eigenvalue weighted by molar-refractivity contribution is -0.134. The minimum Gasteiger partial charge on any atom is -0.450 e. The van der Waals surface area contributed by atoms with Crippen LogP contribution in [0.2, 0.25) is 0 Å². The Morgan fingerprint density at radius 1 is 1.09 bits per heavy atom. The van der Waals surface area contributed by atoms with Gasteiger partial charge in [-0.25, -0.2) is 14.2 Å². The van der Waals surface area contributed by atoms with Gasteiger partial charge in [-0.3, -0.25) is 9.69 Å². The third-order valence-corrected chi connectivity index (χ3v) is 6.13. The molecule has 0 N–H and O–H groups in total. The molecule has 7 nitrogen and oxygen atoms in total. The minimum absolute atomic E-state index is 0.112. The van der Waals surface area contributed by atoms with Crippen molar-refractivity contribution in [3.8, 4) is 0 Å². The largest absolute Gasteiger partial charge is 0.450 e. The molecule has 33 heavy (non-hydrogen) atoms. The first-order chi connectivity index (χ1) is 16.0. The summed E-state index contributed by atoms with van der Waals surface area (Å²) in [5, 5.41) is 6.21. The third-order valence-electron chi connectivity index (χ3n) is 6.13. The van der Waals surface area contributed by atoms with Gasteiger partial charge >= 0.3 is 6.09 Å². The van der Waals surface area contributed by atoms with Gasteiger partial charge in [0.2, 0.25) is 0 Å². The van der Waals surface area contributed by atoms with Crippen LogP contribution in [-0.4, -0.2) is 71.9 Å². The predicted octanol–water partition coefficient (Wildman–Crippen LogP) is 3.59. The van der Waals surface area contributed by atoms with Crippen LogP contribution in [0.1, 0.15) is 36.1 Å². The molecule has 1 saturated heterocycles. The molecule has 0 aromatic heterocycles. The molecule has 4 rings (SSSR count). The second kappa shape index (κ2) is 10.1. The number of piperazine rings is 1. The second-order valence-corrected chi connectivity index (χ2v) is 8.33. The van der Waals surface area contributed by atoms with Crippen molar-refractivity contribution in [2.24, 2.45) is 5.10 Å². The molecule has 174 valence electrons. The van der Waals surface area contributed by atoms with E-state index in [1.807, 2.05) is 42.2 Å². The fraction of sp³-hybridized carbons (Fsp3) is 0.400. The van der Waals surface area contributed by atoms with E-state index in [1.54, 1.807) is 22.9 Å². The fourth-order valence-corrected chi connectivity index (χ4v) is 4.35. The Kier molecular flexibility index (Phi) is 7.03. The monoisotopic (exact) mass is 452 g/mol. The van der Waals surface area contributed by atoms with Crippen LogP contribution in [-0.2, 0) is 9.53 Å². The highest BCUT2D eigenvalue weighted by molar-refractivity contribution is 6.03. The van der Waals surface area contributed by atoms with Crippen molar-refractivity contribution in [3.05, 3.63) is 71.0 Å². The summed E-state index contributed by atoms with van der Waals surface area (Å²) in [6.45, 7) is 6.58. The zero-order valence-corrected chi connectivity index (χ0v) is 19.0. The highest BCUT2D eigenvalue weighted by atomic mass is 19.1. The first-order valence-corrected chi connectivity index (χ1v) is 11.3. The summed E-state index contributed by atoms with van der Waals surface area (Å²) in [6.07, 6.45) is 0.211. The molecule has 0 aliphatic carbocycles. The van der Waals surface area contributed by atoms with Gasteiger partial charge < -0.3 is 9.64 Å². The molecule has 0 bridgehead atoms. The number of ether oxygens (including phenoxy) is 1. The Morgan fingerprint density at radius 2 is 1.85 bits per heavy atom. The number of amides is 2. The Bertz CT molecular complexity index is 1050. The molecule has 2 aromatic rings. The van der Waals surface area contributed by atoms with Gasteiger partial charge in [-0.15, -0.1) is 0 Å². The van der Waals surface area contributed by atoms with Crippen LogP contribution in [0, 0.1) is 12.7 Å². The van der Waals surface area contributed by atoms with E-state index in [0.717, 1.165) is 11.1 Å². The van der Waals surface area contributed by atoms with Gasteiger partial charge in [-0.05, 0) is 37.1 Å². The van der Waals surface area contributed by atoms with Gasteiger partial charge in [0.1, 0.15) is 5.82 Å². The summed E-state index contributed by atoms with van der Waals surface area (Å²) in [5.41, 5.74) is 3.50. The maximum atomic E-state index is 13.8. The normalized spacial score (nSPS) is 18.9. The van der Waals surface area contributed by atoms with E-state index >= 15 is 0 Å². The van der Waals surface area contributed by atoms with Crippen LogP contribution >= 0.6 is 0 Å². The topological polar surface area (TPSA) is 65.5 Å². The van der Waals surface area contributed by atoms with Crippen LogP contribution < -0.4 is 0 Å². The summed E-state index contributed by atoms with van der Waals surface area (Å²) in [7, 11) is 0. The molecule has 2 aromatic carbocycles. The number of benzene rings is 2. The maximum absolute atomic E-state index is 13.8. The van der Waals surface area contributed by atoms with E-state index in [4.69, 9.17) is 4.74 Å². The number of hydrogen-bond acceptors (Lipinski definition) is 5. The lowest BCUT2D eigenvalue weighted by Gasteiger charge is -2.34. The van der Waals surface area contributed by atoms with E-state index < -0.39 is 0 Å². The lowest BCUT2D eigenvalue weighted by Crippen LogP contribution is -2.51. The number of carbonyl (C=O) groups is 2. The Labute approximate surface area is 193 Å². The Hall–Kier alpha value is -3.26. The number of nitrogens with zero attached hydrogens (tertiary/aromatic N) is 4. The van der Waals surface area contributed by atoms with Gasteiger partial charge in [0.25, 0.3) is 5.91 Å². The Morgan fingerprint density at radius 3 is 2.55 bits per heavy atom. The van der Waals surface area contributed by atoms with Gasteiger partial charge in [0.15, 0.2) is 0 Å². The van der Waals surface area contributed by atoms with Crippen molar-refractivity contribution in [2.75, 3.05) is 39.3 Å². The molecule has 2 aliphatic heterocycles. The van der Waals surface area contributed by atoms with E-state index in [1.165, 1.54) is 12.1 Å². The van der Waals surface area contributed by atoms with E-state index in [2.05, 4.69) is 5.10 Å². The van der Waals surface area contributed by atoms with Gasteiger partial charge in [0.05, 0.1) is 24.9 Å². The molecule has 0 unspecified atom stereocenters. The first kappa shape index (κ1) is 22.9. The van der Waals surface area contributed by atoms with Crippen molar-refractivity contribution < 1.29 is 18.7 Å². The molecule has 1 fully saturated rings. The number of hydrogen-bond donors (Lipinski definition) is 0. The maximum Gasteiger partial charge on any atom is 0.409 e. The smallest absolute Gasteiger partial charge is 0.409 e. The molecule has 2 amide bonds. The number of hydrazone groups is 1. The first-order valence-electron chi connectivity index (χ1n) is 11.3. The highest BCUT2D eigenvalue weighted by Gasteiger charge is 2.35. The molecule has 1 atom stereocenters. The summed E-state index contributed by atoms with van der Waals surface area (Å²) in [4.78, 5) is 29.0. The third kappa shape index (κ3) is 5.22. The average Bonchev–Trinajstić information content (AvgIpc) is 3.25. The van der Waals surface area contributed by atoms with E-state index in [9.17, 15) is 14.0 Å². The van der Waals surface area contributed by atoms with Crippen LogP contribution in [0.25, 0.3) is 0 Å². The number of rotatable bonds is 5. The molecule has 2 aliphatic rings. The SMILES string of the molecule is CCOC(=O)N1CCN(CC(=O)N2N=C(c3cccc(F)c3)C[C@@H]2c2ccccc2C)CC1. The second-order valence-electron chi connectivity index (χ2n) is 8.33. The van der Waals surface area contributed by atoms with Crippen molar-refractivity contribution in [1.82, 2.24) is 14.8 Å². The highest BCUT2D eigenvalue weighted by Crippen LogP contribution is 2.34. The molecule has 0 saturated carbocycles. The van der Waals surface area contributed by atoms with Crippen LogP contribution in [0.5, 0.6) is 0 Å². The number of carbonyl (C=O) groups excluding carboxylic acids is 2.